The topological polar surface area (TPSA) is 83.4 Å². The SMILES string of the molecule is Cc1ccc(OCC(O)CN2CCC(NCC(COc3ccccc3)N=O)CC2)cc1. The summed E-state index contributed by atoms with van der Waals surface area (Å²) >= 11 is 0. The first kappa shape index (κ1) is 23.2. The molecule has 0 saturated carbocycles. The Morgan fingerprint density at radius 2 is 1.68 bits per heavy atom. The number of nitroso groups, excluding NO2 is 1. The number of rotatable bonds is 12. The third-order valence-corrected chi connectivity index (χ3v) is 5.50. The second-order valence-corrected chi connectivity index (χ2v) is 8.14. The summed E-state index contributed by atoms with van der Waals surface area (Å²) in [5, 5.41) is 16.9. The maximum atomic E-state index is 11.1. The van der Waals surface area contributed by atoms with Gasteiger partial charge in [0.25, 0.3) is 0 Å². The van der Waals surface area contributed by atoms with Crippen LogP contribution in [-0.2, 0) is 0 Å². The van der Waals surface area contributed by atoms with E-state index in [9.17, 15) is 10.0 Å². The number of piperidine rings is 1. The number of likely N-dealkylation sites (tertiary alicyclic amines) is 1. The Kier molecular flexibility index (Phi) is 9.27. The maximum Gasteiger partial charge on any atom is 0.138 e. The molecule has 168 valence electrons. The summed E-state index contributed by atoms with van der Waals surface area (Å²) in [4.78, 5) is 13.4. The molecule has 0 radical (unpaired) electrons. The van der Waals surface area contributed by atoms with Crippen LogP contribution in [0.5, 0.6) is 11.5 Å². The lowest BCUT2D eigenvalue weighted by atomic mass is 10.0. The molecule has 31 heavy (non-hydrogen) atoms. The van der Waals surface area contributed by atoms with Gasteiger partial charge in [0, 0.05) is 19.1 Å². The molecule has 0 amide bonds. The van der Waals surface area contributed by atoms with Crippen molar-refractivity contribution in [2.45, 2.75) is 38.0 Å². The highest BCUT2D eigenvalue weighted by Gasteiger charge is 2.22. The third kappa shape index (κ3) is 8.28. The molecule has 1 aliphatic heterocycles. The Bertz CT molecular complexity index is 764. The number of nitrogens with zero attached hydrogens (tertiary/aromatic N) is 2. The van der Waals surface area contributed by atoms with Crippen molar-refractivity contribution < 1.29 is 14.6 Å². The molecule has 2 aromatic carbocycles. The molecule has 2 N–H and O–H groups in total. The number of para-hydroxylation sites is 1. The zero-order chi connectivity index (χ0) is 21.9. The highest BCUT2D eigenvalue weighted by Crippen LogP contribution is 2.14. The molecule has 3 rings (SSSR count). The lowest BCUT2D eigenvalue weighted by Crippen LogP contribution is -2.47. The first-order chi connectivity index (χ1) is 15.1. The molecule has 7 heteroatoms. The van der Waals surface area contributed by atoms with Gasteiger partial charge in [-0.05, 0) is 57.1 Å². The Labute approximate surface area is 184 Å². The number of β-amino-alcohol motifs (C(OH)–C–C–N with tert-alkyl or cyclic N) is 1. The van der Waals surface area contributed by atoms with Crippen LogP contribution in [0.2, 0.25) is 0 Å². The van der Waals surface area contributed by atoms with Crippen molar-refractivity contribution in [2.75, 3.05) is 39.4 Å². The average molecular weight is 428 g/mol. The van der Waals surface area contributed by atoms with Gasteiger partial charge in [-0.15, -0.1) is 0 Å². The zero-order valence-electron chi connectivity index (χ0n) is 18.2. The number of hydrogen-bond acceptors (Lipinski definition) is 7. The van der Waals surface area contributed by atoms with Gasteiger partial charge in [-0.3, -0.25) is 0 Å². The molecular weight excluding hydrogens is 394 g/mol. The van der Waals surface area contributed by atoms with Gasteiger partial charge in [-0.25, -0.2) is 0 Å². The number of benzene rings is 2. The molecule has 1 saturated heterocycles. The monoisotopic (exact) mass is 427 g/mol. The van der Waals surface area contributed by atoms with Gasteiger partial charge in [0.15, 0.2) is 0 Å². The van der Waals surface area contributed by atoms with E-state index in [2.05, 4.69) is 15.4 Å². The lowest BCUT2D eigenvalue weighted by molar-refractivity contribution is 0.0577. The molecule has 0 aliphatic carbocycles. The summed E-state index contributed by atoms with van der Waals surface area (Å²) in [6.07, 6.45) is 1.41. The van der Waals surface area contributed by atoms with Gasteiger partial charge in [-0.1, -0.05) is 41.1 Å². The summed E-state index contributed by atoms with van der Waals surface area (Å²) in [5.41, 5.74) is 1.18. The van der Waals surface area contributed by atoms with Crippen LogP contribution in [0.15, 0.2) is 59.8 Å². The first-order valence-corrected chi connectivity index (χ1v) is 11.0. The summed E-state index contributed by atoms with van der Waals surface area (Å²) in [7, 11) is 0. The number of aliphatic hydroxyl groups is 1. The van der Waals surface area contributed by atoms with Gasteiger partial charge in [0.2, 0.25) is 0 Å². The largest absolute Gasteiger partial charge is 0.491 e. The minimum atomic E-state index is -0.524. The maximum absolute atomic E-state index is 11.1. The Balaban J connectivity index is 1.29. The second-order valence-electron chi connectivity index (χ2n) is 8.14. The number of ether oxygens (including phenoxy) is 2. The third-order valence-electron chi connectivity index (χ3n) is 5.50. The summed E-state index contributed by atoms with van der Waals surface area (Å²) in [6, 6.07) is 17.2. The van der Waals surface area contributed by atoms with E-state index in [1.54, 1.807) is 0 Å². The molecule has 0 bridgehead atoms. The molecule has 7 nitrogen and oxygen atoms in total. The molecule has 0 aromatic heterocycles. The zero-order valence-corrected chi connectivity index (χ0v) is 18.2. The fourth-order valence-electron chi connectivity index (χ4n) is 3.64. The average Bonchev–Trinajstić information content (AvgIpc) is 2.80. The summed E-state index contributed by atoms with van der Waals surface area (Å²) in [5.74, 6) is 1.52. The van der Waals surface area contributed by atoms with Crippen LogP contribution in [0.4, 0.5) is 0 Å². The normalized spacial score (nSPS) is 17.1. The molecule has 0 spiro atoms. The number of nitrogens with one attached hydrogen (secondary N) is 1. The van der Waals surface area contributed by atoms with Crippen molar-refractivity contribution >= 4 is 0 Å². The van der Waals surface area contributed by atoms with Crippen LogP contribution in [0, 0.1) is 11.8 Å². The standard InChI is InChI=1S/C24H33N3O4/c1-19-7-9-24(10-8-19)31-18-22(28)16-27-13-11-20(12-14-27)25-15-21(26-29)17-30-23-5-3-2-4-6-23/h2-10,20-22,25,28H,11-18H2,1H3. The quantitative estimate of drug-likeness (QED) is 0.507. The predicted octanol–water partition coefficient (Wildman–Crippen LogP) is 3.00. The predicted molar refractivity (Wildman–Crippen MR) is 122 cm³/mol. The minimum Gasteiger partial charge on any atom is -0.491 e. The van der Waals surface area contributed by atoms with E-state index >= 15 is 0 Å². The van der Waals surface area contributed by atoms with E-state index in [1.807, 2.05) is 61.5 Å². The van der Waals surface area contributed by atoms with E-state index in [-0.39, 0.29) is 13.2 Å². The van der Waals surface area contributed by atoms with Crippen molar-refractivity contribution in [3.63, 3.8) is 0 Å². The van der Waals surface area contributed by atoms with Crippen molar-refractivity contribution in [3.05, 3.63) is 65.1 Å². The Morgan fingerprint density at radius 3 is 2.35 bits per heavy atom. The van der Waals surface area contributed by atoms with E-state index in [1.165, 1.54) is 5.56 Å². The van der Waals surface area contributed by atoms with Crippen LogP contribution in [0.3, 0.4) is 0 Å². The molecule has 2 unspecified atom stereocenters. The van der Waals surface area contributed by atoms with Crippen LogP contribution >= 0.6 is 0 Å². The van der Waals surface area contributed by atoms with Crippen LogP contribution < -0.4 is 14.8 Å². The van der Waals surface area contributed by atoms with E-state index in [4.69, 9.17) is 9.47 Å². The lowest BCUT2D eigenvalue weighted by Gasteiger charge is -2.33. The van der Waals surface area contributed by atoms with Gasteiger partial charge < -0.3 is 24.8 Å². The Hall–Kier alpha value is -2.48. The first-order valence-electron chi connectivity index (χ1n) is 11.0. The van der Waals surface area contributed by atoms with Crippen molar-refractivity contribution in [1.29, 1.82) is 0 Å². The van der Waals surface area contributed by atoms with Gasteiger partial charge >= 0.3 is 0 Å². The van der Waals surface area contributed by atoms with Crippen LogP contribution in [0.25, 0.3) is 0 Å². The van der Waals surface area contributed by atoms with Gasteiger partial charge in [-0.2, -0.15) is 4.91 Å². The smallest absolute Gasteiger partial charge is 0.138 e. The van der Waals surface area contributed by atoms with Crippen molar-refractivity contribution in [3.8, 4) is 11.5 Å². The highest BCUT2D eigenvalue weighted by atomic mass is 16.5. The summed E-state index contributed by atoms with van der Waals surface area (Å²) < 4.78 is 11.3. The van der Waals surface area contributed by atoms with Gasteiger partial charge in [0.1, 0.15) is 36.9 Å². The van der Waals surface area contributed by atoms with Crippen LogP contribution in [-0.4, -0.2) is 67.6 Å². The Morgan fingerprint density at radius 1 is 1.03 bits per heavy atom. The van der Waals surface area contributed by atoms with Gasteiger partial charge in [0.05, 0.1) is 0 Å². The molecule has 2 atom stereocenters. The minimum absolute atomic E-state index is 0.270. The molecule has 1 aliphatic rings. The molecule has 1 heterocycles. The van der Waals surface area contributed by atoms with Crippen LogP contribution in [0.1, 0.15) is 18.4 Å². The van der Waals surface area contributed by atoms with E-state index < -0.39 is 12.1 Å². The fourth-order valence-corrected chi connectivity index (χ4v) is 3.64. The highest BCUT2D eigenvalue weighted by molar-refractivity contribution is 5.26. The van der Waals surface area contributed by atoms with E-state index in [0.29, 0.717) is 19.1 Å². The van der Waals surface area contributed by atoms with Crippen molar-refractivity contribution in [2.24, 2.45) is 5.18 Å². The van der Waals surface area contributed by atoms with Crippen molar-refractivity contribution in [1.82, 2.24) is 10.2 Å². The number of aryl methyl sites for hydroxylation is 1. The second kappa shape index (κ2) is 12.4. The molecular formula is C24H33N3O4. The van der Waals surface area contributed by atoms with E-state index in [0.717, 1.165) is 37.4 Å². The summed E-state index contributed by atoms with van der Waals surface area (Å²) in [6.45, 7) is 5.50. The fraction of sp³-hybridized carbons (Fsp3) is 0.500. The molecule has 1 fully saturated rings. The number of hydrogen-bond donors (Lipinski definition) is 2. The molecule has 2 aromatic rings. The number of aliphatic hydroxyl groups excluding tert-OH is 1.